The first-order valence-electron chi connectivity index (χ1n) is 9.48. The van der Waals surface area contributed by atoms with E-state index in [-0.39, 0.29) is 5.82 Å². The Morgan fingerprint density at radius 3 is 2.96 bits per heavy atom. The van der Waals surface area contributed by atoms with Crippen LogP contribution in [0.3, 0.4) is 0 Å². The Hall–Kier alpha value is -2.76. The number of hydrogen-bond acceptors (Lipinski definition) is 4. The van der Waals surface area contributed by atoms with Crippen molar-refractivity contribution in [1.82, 2.24) is 9.55 Å². The third-order valence-electron chi connectivity index (χ3n) is 5.30. The van der Waals surface area contributed by atoms with Gasteiger partial charge in [-0.15, -0.1) is 0 Å². The number of nitrogens with one attached hydrogen (secondary N) is 1. The van der Waals surface area contributed by atoms with Crippen molar-refractivity contribution in [2.75, 3.05) is 25.6 Å². The predicted molar refractivity (Wildman–Crippen MR) is 103 cm³/mol. The lowest BCUT2D eigenvalue weighted by molar-refractivity contribution is 0.316. The van der Waals surface area contributed by atoms with Crippen LogP contribution in [0.1, 0.15) is 19.3 Å². The number of ether oxygens (including phenoxy) is 2. The fraction of sp³-hybridized carbons (Fsp3) is 0.381. The molecule has 0 saturated heterocycles. The molecule has 1 aromatic heterocycles. The highest BCUT2D eigenvalue weighted by atomic mass is 19.1. The maximum absolute atomic E-state index is 14.7. The van der Waals surface area contributed by atoms with E-state index in [9.17, 15) is 4.39 Å². The van der Waals surface area contributed by atoms with Gasteiger partial charge in [0.15, 0.2) is 0 Å². The van der Waals surface area contributed by atoms with Crippen LogP contribution in [0.5, 0.6) is 11.5 Å². The highest BCUT2D eigenvalue weighted by Crippen LogP contribution is 2.37. The zero-order valence-corrected chi connectivity index (χ0v) is 15.3. The van der Waals surface area contributed by atoms with E-state index in [1.54, 1.807) is 12.1 Å². The number of nitrogens with zero attached hydrogens (tertiary/aromatic N) is 2. The molecule has 140 valence electrons. The van der Waals surface area contributed by atoms with E-state index in [2.05, 4.69) is 9.88 Å². The van der Waals surface area contributed by atoms with Gasteiger partial charge in [0.25, 0.3) is 0 Å². The number of hydrogen-bond donors (Lipinski definition) is 1. The van der Waals surface area contributed by atoms with Crippen molar-refractivity contribution in [1.29, 1.82) is 0 Å². The van der Waals surface area contributed by atoms with Crippen molar-refractivity contribution in [2.24, 2.45) is 5.92 Å². The smallest absolute Gasteiger partial charge is 0.147 e. The summed E-state index contributed by atoms with van der Waals surface area (Å²) in [5.41, 5.74) is 3.26. The number of methoxy groups -OCH3 is 1. The number of imidazole rings is 1. The van der Waals surface area contributed by atoms with Crippen LogP contribution in [0.4, 0.5) is 10.1 Å². The minimum absolute atomic E-state index is 0.334. The molecule has 1 aliphatic carbocycles. The maximum atomic E-state index is 14.7. The number of halogens is 1. The second-order valence-electron chi connectivity index (χ2n) is 7.30. The molecule has 5 nitrogen and oxygen atoms in total. The SMILES string of the molecule is COc1ccc(-c2nc3cc(NCC4CC4)cc4c3n2CCCO4)c(F)c1. The van der Waals surface area contributed by atoms with Crippen molar-refractivity contribution >= 4 is 16.7 Å². The van der Waals surface area contributed by atoms with Crippen molar-refractivity contribution < 1.29 is 13.9 Å². The van der Waals surface area contributed by atoms with Gasteiger partial charge in [-0.25, -0.2) is 9.37 Å². The van der Waals surface area contributed by atoms with E-state index < -0.39 is 0 Å². The quantitative estimate of drug-likeness (QED) is 0.724. The molecule has 6 heteroatoms. The van der Waals surface area contributed by atoms with Gasteiger partial charge in [-0.3, -0.25) is 0 Å². The van der Waals surface area contributed by atoms with Crippen LogP contribution < -0.4 is 14.8 Å². The standard InChI is InChI=1S/C21H22FN3O2/c1-26-15-5-6-16(17(22)11-15)21-24-18-9-14(23-12-13-3-4-13)10-19-20(18)25(21)7-2-8-27-19/h5-6,9-11,13,23H,2-4,7-8,12H2,1H3. The van der Waals surface area contributed by atoms with Crippen LogP contribution in [-0.2, 0) is 6.54 Å². The Labute approximate surface area is 157 Å². The van der Waals surface area contributed by atoms with E-state index >= 15 is 0 Å². The molecular formula is C21H22FN3O2. The van der Waals surface area contributed by atoms with Crippen LogP contribution in [0.25, 0.3) is 22.4 Å². The molecule has 2 aromatic carbocycles. The summed E-state index contributed by atoms with van der Waals surface area (Å²) in [6.45, 7) is 2.37. The van der Waals surface area contributed by atoms with Gasteiger partial charge in [0, 0.05) is 30.9 Å². The number of rotatable bonds is 5. The first-order valence-corrected chi connectivity index (χ1v) is 9.48. The summed E-state index contributed by atoms with van der Waals surface area (Å²) in [6.07, 6.45) is 3.46. The normalized spacial score (nSPS) is 16.1. The van der Waals surface area contributed by atoms with Crippen LogP contribution in [-0.4, -0.2) is 29.8 Å². The largest absolute Gasteiger partial charge is 0.497 e. The summed E-state index contributed by atoms with van der Waals surface area (Å²) in [7, 11) is 1.53. The highest BCUT2D eigenvalue weighted by molar-refractivity contribution is 5.89. The fourth-order valence-corrected chi connectivity index (χ4v) is 3.66. The number of anilines is 1. The minimum atomic E-state index is -0.334. The molecule has 0 radical (unpaired) electrons. The van der Waals surface area contributed by atoms with Gasteiger partial charge in [-0.2, -0.15) is 0 Å². The highest BCUT2D eigenvalue weighted by Gasteiger charge is 2.23. The molecule has 2 aliphatic rings. The predicted octanol–water partition coefficient (Wildman–Crippen LogP) is 4.46. The third kappa shape index (κ3) is 2.99. The zero-order chi connectivity index (χ0) is 18.4. The summed E-state index contributed by atoms with van der Waals surface area (Å²) < 4.78 is 27.9. The Morgan fingerprint density at radius 2 is 2.19 bits per heavy atom. The lowest BCUT2D eigenvalue weighted by Gasteiger charge is -2.10. The van der Waals surface area contributed by atoms with Gasteiger partial charge in [0.2, 0.25) is 0 Å². The van der Waals surface area contributed by atoms with Gasteiger partial charge in [0.1, 0.15) is 28.7 Å². The third-order valence-corrected chi connectivity index (χ3v) is 5.30. The minimum Gasteiger partial charge on any atom is -0.497 e. The van der Waals surface area contributed by atoms with Crippen LogP contribution >= 0.6 is 0 Å². The molecule has 0 unspecified atom stereocenters. The van der Waals surface area contributed by atoms with E-state index in [0.717, 1.165) is 47.9 Å². The first kappa shape index (κ1) is 16.4. The van der Waals surface area contributed by atoms with Crippen LogP contribution in [0, 0.1) is 11.7 Å². The lowest BCUT2D eigenvalue weighted by Crippen LogP contribution is -2.03. The average molecular weight is 367 g/mol. The average Bonchev–Trinajstić information content (AvgIpc) is 3.46. The van der Waals surface area contributed by atoms with E-state index in [1.165, 1.54) is 26.0 Å². The van der Waals surface area contributed by atoms with Crippen LogP contribution in [0.2, 0.25) is 0 Å². The second-order valence-corrected chi connectivity index (χ2v) is 7.30. The van der Waals surface area contributed by atoms with E-state index in [0.29, 0.717) is 23.7 Å². The molecule has 2 heterocycles. The summed E-state index contributed by atoms with van der Waals surface area (Å²) in [5.74, 6) is 2.40. The van der Waals surface area contributed by atoms with Gasteiger partial charge >= 0.3 is 0 Å². The van der Waals surface area contributed by atoms with Gasteiger partial charge in [-0.1, -0.05) is 0 Å². The van der Waals surface area contributed by atoms with E-state index in [4.69, 9.17) is 14.5 Å². The van der Waals surface area contributed by atoms with E-state index in [1.807, 2.05) is 12.1 Å². The monoisotopic (exact) mass is 367 g/mol. The Morgan fingerprint density at radius 1 is 1.30 bits per heavy atom. The molecule has 1 fully saturated rings. The molecule has 0 bridgehead atoms. The first-order chi connectivity index (χ1) is 13.2. The van der Waals surface area contributed by atoms with Gasteiger partial charge < -0.3 is 19.4 Å². The number of aryl methyl sites for hydroxylation is 1. The Bertz CT molecular complexity index is 1010. The summed E-state index contributed by atoms with van der Waals surface area (Å²) in [6, 6.07) is 8.98. The molecule has 0 spiro atoms. The van der Waals surface area contributed by atoms with Crippen molar-refractivity contribution in [3.63, 3.8) is 0 Å². The second kappa shape index (κ2) is 6.44. The molecule has 5 rings (SSSR count). The number of aromatic nitrogens is 2. The summed E-state index contributed by atoms with van der Waals surface area (Å²) >= 11 is 0. The zero-order valence-electron chi connectivity index (χ0n) is 15.3. The molecule has 1 aliphatic heterocycles. The molecule has 27 heavy (non-hydrogen) atoms. The van der Waals surface area contributed by atoms with Crippen molar-refractivity contribution in [3.05, 3.63) is 36.1 Å². The molecule has 3 aromatic rings. The van der Waals surface area contributed by atoms with Crippen molar-refractivity contribution in [2.45, 2.75) is 25.8 Å². The molecule has 1 saturated carbocycles. The molecule has 0 amide bonds. The lowest BCUT2D eigenvalue weighted by atomic mass is 10.2. The van der Waals surface area contributed by atoms with Gasteiger partial charge in [-0.05, 0) is 43.4 Å². The summed E-state index contributed by atoms with van der Waals surface area (Å²) in [4.78, 5) is 4.78. The summed E-state index contributed by atoms with van der Waals surface area (Å²) in [5, 5.41) is 3.49. The topological polar surface area (TPSA) is 48.3 Å². The van der Waals surface area contributed by atoms with Crippen molar-refractivity contribution in [3.8, 4) is 22.9 Å². The molecule has 0 atom stereocenters. The molecule has 1 N–H and O–H groups in total. The Balaban J connectivity index is 1.63. The van der Waals surface area contributed by atoms with Gasteiger partial charge in [0.05, 0.1) is 24.8 Å². The number of benzene rings is 2. The molecular weight excluding hydrogens is 345 g/mol. The fourth-order valence-electron chi connectivity index (χ4n) is 3.66. The van der Waals surface area contributed by atoms with Crippen LogP contribution in [0.15, 0.2) is 30.3 Å². The maximum Gasteiger partial charge on any atom is 0.147 e. The Kier molecular flexibility index (Phi) is 3.92.